The van der Waals surface area contributed by atoms with Gasteiger partial charge in [0.2, 0.25) is 0 Å². The molecule has 0 unspecified atom stereocenters. The number of amides is 1. The van der Waals surface area contributed by atoms with Gasteiger partial charge in [0.15, 0.2) is 0 Å². The predicted molar refractivity (Wildman–Crippen MR) is 103 cm³/mol. The molecular formula is C18H16Cl2N4O. The molecule has 0 aliphatic carbocycles. The molecule has 0 bridgehead atoms. The first-order valence-electron chi connectivity index (χ1n) is 7.31. The van der Waals surface area contributed by atoms with Crippen LogP contribution in [0.25, 0.3) is 0 Å². The average Bonchev–Trinajstić information content (AvgIpc) is 2.52. The third-order valence-corrected chi connectivity index (χ3v) is 4.01. The average molecular weight is 375 g/mol. The number of aryl methyl sites for hydroxylation is 2. The highest BCUT2D eigenvalue weighted by molar-refractivity contribution is 6.34. The first-order chi connectivity index (χ1) is 11.8. The minimum Gasteiger partial charge on any atom is -0.399 e. The fraction of sp³-hybridized carbons (Fsp3) is 0.111. The van der Waals surface area contributed by atoms with E-state index < -0.39 is 5.91 Å². The van der Waals surface area contributed by atoms with Crippen LogP contribution in [0.15, 0.2) is 42.1 Å². The molecule has 7 heteroatoms. The van der Waals surface area contributed by atoms with E-state index in [1.54, 1.807) is 18.2 Å². The highest BCUT2D eigenvalue weighted by Gasteiger charge is 2.12. The largest absolute Gasteiger partial charge is 0.399 e. The third kappa shape index (κ3) is 4.66. The predicted octanol–water partition coefficient (Wildman–Crippen LogP) is 4.65. The molecule has 0 atom stereocenters. The van der Waals surface area contributed by atoms with Gasteiger partial charge in [-0.25, -0.2) is 0 Å². The summed E-state index contributed by atoms with van der Waals surface area (Å²) in [6.07, 6.45) is 1.31. The van der Waals surface area contributed by atoms with Crippen molar-refractivity contribution in [3.8, 4) is 6.07 Å². The number of rotatable bonds is 4. The van der Waals surface area contributed by atoms with E-state index in [4.69, 9.17) is 28.9 Å². The summed E-state index contributed by atoms with van der Waals surface area (Å²) in [6, 6.07) is 10.3. The number of nitrogen functional groups attached to an aromatic ring is 1. The monoisotopic (exact) mass is 374 g/mol. The van der Waals surface area contributed by atoms with Crippen LogP contribution in [0.3, 0.4) is 0 Å². The van der Waals surface area contributed by atoms with E-state index in [1.165, 1.54) is 12.3 Å². The van der Waals surface area contributed by atoms with Crippen LogP contribution in [0.5, 0.6) is 0 Å². The lowest BCUT2D eigenvalue weighted by atomic mass is 10.1. The van der Waals surface area contributed by atoms with Gasteiger partial charge in [-0.2, -0.15) is 5.26 Å². The zero-order valence-corrected chi connectivity index (χ0v) is 15.2. The molecule has 4 N–H and O–H groups in total. The number of carbonyl (C=O) groups is 1. The van der Waals surface area contributed by atoms with Crippen molar-refractivity contribution in [2.75, 3.05) is 16.4 Å². The molecule has 128 valence electrons. The second-order valence-corrected chi connectivity index (χ2v) is 6.26. The minimum absolute atomic E-state index is 0.121. The maximum Gasteiger partial charge on any atom is 0.267 e. The highest BCUT2D eigenvalue weighted by atomic mass is 35.5. The topological polar surface area (TPSA) is 90.9 Å². The quantitative estimate of drug-likeness (QED) is 0.412. The summed E-state index contributed by atoms with van der Waals surface area (Å²) in [6.45, 7) is 3.82. The van der Waals surface area contributed by atoms with E-state index in [0.29, 0.717) is 22.1 Å². The molecule has 0 radical (unpaired) electrons. The lowest BCUT2D eigenvalue weighted by Crippen LogP contribution is -2.15. The number of benzene rings is 2. The lowest BCUT2D eigenvalue weighted by Gasteiger charge is -2.10. The zero-order chi connectivity index (χ0) is 18.6. The van der Waals surface area contributed by atoms with Gasteiger partial charge in [0.1, 0.15) is 11.6 Å². The molecule has 2 rings (SSSR count). The molecule has 2 aromatic rings. The molecule has 0 fully saturated rings. The number of anilines is 3. The number of nitrogens with one attached hydrogen (secondary N) is 2. The Labute approximate surface area is 156 Å². The van der Waals surface area contributed by atoms with Gasteiger partial charge in [0.25, 0.3) is 5.91 Å². The lowest BCUT2D eigenvalue weighted by molar-refractivity contribution is -0.112. The van der Waals surface area contributed by atoms with Crippen LogP contribution in [0.2, 0.25) is 10.0 Å². The first kappa shape index (κ1) is 18.7. The summed E-state index contributed by atoms with van der Waals surface area (Å²) in [5.74, 6) is -0.595. The molecule has 0 heterocycles. The highest BCUT2D eigenvalue weighted by Crippen LogP contribution is 2.28. The van der Waals surface area contributed by atoms with Crippen molar-refractivity contribution in [1.82, 2.24) is 0 Å². The van der Waals surface area contributed by atoms with Gasteiger partial charge in [0.05, 0.1) is 21.4 Å². The van der Waals surface area contributed by atoms with Crippen molar-refractivity contribution in [3.05, 3.63) is 63.3 Å². The molecule has 0 saturated carbocycles. The molecular weight excluding hydrogens is 359 g/mol. The van der Waals surface area contributed by atoms with Gasteiger partial charge in [-0.3, -0.25) is 4.79 Å². The summed E-state index contributed by atoms with van der Waals surface area (Å²) in [4.78, 5) is 12.3. The van der Waals surface area contributed by atoms with Crippen molar-refractivity contribution in [1.29, 1.82) is 5.26 Å². The Bertz CT molecular complexity index is 877. The number of nitrogens with zero attached hydrogens (tertiary/aromatic N) is 1. The van der Waals surface area contributed by atoms with Crippen molar-refractivity contribution < 1.29 is 4.79 Å². The molecule has 0 aliphatic rings. The molecule has 0 saturated heterocycles. The number of nitrogens with two attached hydrogens (primary N) is 1. The van der Waals surface area contributed by atoms with E-state index in [2.05, 4.69) is 10.6 Å². The van der Waals surface area contributed by atoms with Gasteiger partial charge >= 0.3 is 0 Å². The van der Waals surface area contributed by atoms with Crippen LogP contribution in [-0.2, 0) is 4.79 Å². The number of nitriles is 1. The van der Waals surface area contributed by atoms with Crippen molar-refractivity contribution in [2.24, 2.45) is 0 Å². The maximum atomic E-state index is 12.3. The van der Waals surface area contributed by atoms with E-state index in [1.807, 2.05) is 26.0 Å². The van der Waals surface area contributed by atoms with Crippen LogP contribution in [0.4, 0.5) is 17.1 Å². The Morgan fingerprint density at radius 2 is 1.92 bits per heavy atom. The summed E-state index contributed by atoms with van der Waals surface area (Å²) in [5.41, 5.74) is 8.90. The van der Waals surface area contributed by atoms with Crippen molar-refractivity contribution in [3.63, 3.8) is 0 Å². The molecule has 1 amide bonds. The second kappa shape index (κ2) is 7.93. The van der Waals surface area contributed by atoms with Gasteiger partial charge in [-0.15, -0.1) is 0 Å². The normalized spacial score (nSPS) is 10.9. The van der Waals surface area contributed by atoms with E-state index in [9.17, 15) is 10.1 Å². The van der Waals surface area contributed by atoms with Gasteiger partial charge in [0, 0.05) is 11.9 Å². The fourth-order valence-corrected chi connectivity index (χ4v) is 2.83. The van der Waals surface area contributed by atoms with Crippen molar-refractivity contribution in [2.45, 2.75) is 13.8 Å². The summed E-state index contributed by atoms with van der Waals surface area (Å²) in [5, 5.41) is 15.5. The Morgan fingerprint density at radius 3 is 2.52 bits per heavy atom. The molecule has 25 heavy (non-hydrogen) atoms. The SMILES string of the molecule is Cc1cc(C)c(N/C=C(/C#N)C(=O)Nc2ccc(N)cc2Cl)c(Cl)c1. The second-order valence-electron chi connectivity index (χ2n) is 5.45. The molecule has 5 nitrogen and oxygen atoms in total. The van der Waals surface area contributed by atoms with Crippen LogP contribution in [0, 0.1) is 25.2 Å². The summed E-state index contributed by atoms with van der Waals surface area (Å²) in [7, 11) is 0. The zero-order valence-electron chi connectivity index (χ0n) is 13.7. The Kier molecular flexibility index (Phi) is 5.92. The van der Waals surface area contributed by atoms with Crippen LogP contribution in [0.1, 0.15) is 11.1 Å². The van der Waals surface area contributed by atoms with E-state index in [-0.39, 0.29) is 10.6 Å². The Hall–Kier alpha value is -2.68. The summed E-state index contributed by atoms with van der Waals surface area (Å²) < 4.78 is 0. The summed E-state index contributed by atoms with van der Waals surface area (Å²) >= 11 is 12.2. The van der Waals surface area contributed by atoms with Crippen LogP contribution in [-0.4, -0.2) is 5.91 Å². The Morgan fingerprint density at radius 1 is 1.20 bits per heavy atom. The molecule has 0 aromatic heterocycles. The smallest absolute Gasteiger partial charge is 0.267 e. The molecule has 2 aromatic carbocycles. The van der Waals surface area contributed by atoms with Gasteiger partial charge < -0.3 is 16.4 Å². The molecule has 0 spiro atoms. The van der Waals surface area contributed by atoms with E-state index in [0.717, 1.165) is 11.1 Å². The standard InChI is InChI=1S/C18H16Cl2N4O/c1-10-5-11(2)17(15(20)6-10)23-9-12(8-21)18(25)24-16-4-3-13(22)7-14(16)19/h3-7,9,23H,22H2,1-2H3,(H,24,25)/b12-9-. The molecule has 0 aliphatic heterocycles. The van der Waals surface area contributed by atoms with Gasteiger partial charge in [-0.05, 0) is 49.2 Å². The van der Waals surface area contributed by atoms with Crippen LogP contribution >= 0.6 is 23.2 Å². The first-order valence-corrected chi connectivity index (χ1v) is 8.07. The number of halogens is 2. The maximum absolute atomic E-state index is 12.3. The van der Waals surface area contributed by atoms with E-state index >= 15 is 0 Å². The fourth-order valence-electron chi connectivity index (χ4n) is 2.21. The number of carbonyl (C=O) groups excluding carboxylic acids is 1. The third-order valence-electron chi connectivity index (χ3n) is 3.40. The van der Waals surface area contributed by atoms with Crippen LogP contribution < -0.4 is 16.4 Å². The minimum atomic E-state index is -0.595. The van der Waals surface area contributed by atoms with Gasteiger partial charge in [-0.1, -0.05) is 29.3 Å². The van der Waals surface area contributed by atoms with Crippen molar-refractivity contribution >= 4 is 46.2 Å². The number of hydrogen-bond acceptors (Lipinski definition) is 4. The Balaban J connectivity index is 2.20. The number of hydrogen-bond donors (Lipinski definition) is 3.